The van der Waals surface area contributed by atoms with Gasteiger partial charge in [-0.15, -0.1) is 0 Å². The Morgan fingerprint density at radius 2 is 2.10 bits per heavy atom. The van der Waals surface area contributed by atoms with E-state index in [-0.39, 0.29) is 0 Å². The minimum atomic E-state index is 0.664. The monoisotopic (exact) mass is 268 g/mol. The SMILES string of the molecule is CCCNC1CCCC(c2cccc3cccnc23)C1. The molecule has 20 heavy (non-hydrogen) atoms. The van der Waals surface area contributed by atoms with Crippen molar-refractivity contribution in [3.05, 3.63) is 42.1 Å². The lowest BCUT2D eigenvalue weighted by atomic mass is 9.80. The second kappa shape index (κ2) is 6.36. The highest BCUT2D eigenvalue weighted by Crippen LogP contribution is 2.35. The molecule has 1 aliphatic carbocycles. The van der Waals surface area contributed by atoms with Crippen LogP contribution in [0.2, 0.25) is 0 Å². The number of pyridine rings is 1. The van der Waals surface area contributed by atoms with Crippen LogP contribution in [0.4, 0.5) is 0 Å². The summed E-state index contributed by atoms with van der Waals surface area (Å²) < 4.78 is 0. The maximum absolute atomic E-state index is 4.62. The van der Waals surface area contributed by atoms with Crippen molar-refractivity contribution in [2.75, 3.05) is 6.54 Å². The largest absolute Gasteiger partial charge is 0.314 e. The van der Waals surface area contributed by atoms with Gasteiger partial charge in [0.05, 0.1) is 5.52 Å². The summed E-state index contributed by atoms with van der Waals surface area (Å²) in [4.78, 5) is 4.62. The van der Waals surface area contributed by atoms with Gasteiger partial charge in [-0.1, -0.05) is 37.6 Å². The van der Waals surface area contributed by atoms with Crippen molar-refractivity contribution in [2.45, 2.75) is 51.0 Å². The fourth-order valence-corrected chi connectivity index (χ4v) is 3.46. The van der Waals surface area contributed by atoms with E-state index < -0.39 is 0 Å². The molecular weight excluding hydrogens is 244 g/mol. The van der Waals surface area contributed by atoms with Crippen LogP contribution in [0.3, 0.4) is 0 Å². The van der Waals surface area contributed by atoms with Gasteiger partial charge in [-0.2, -0.15) is 0 Å². The Labute approximate surface area is 121 Å². The highest BCUT2D eigenvalue weighted by molar-refractivity contribution is 5.82. The first kappa shape index (κ1) is 13.6. The van der Waals surface area contributed by atoms with Crippen LogP contribution in [-0.2, 0) is 0 Å². The van der Waals surface area contributed by atoms with Crippen LogP contribution in [0, 0.1) is 0 Å². The summed E-state index contributed by atoms with van der Waals surface area (Å²) in [6.07, 6.45) is 8.36. The van der Waals surface area contributed by atoms with Gasteiger partial charge in [0, 0.05) is 17.6 Å². The third-order valence-corrected chi connectivity index (χ3v) is 4.46. The molecule has 1 heterocycles. The number of fused-ring (bicyclic) bond motifs is 1. The molecule has 2 nitrogen and oxygen atoms in total. The predicted octanol–water partition coefficient (Wildman–Crippen LogP) is 4.26. The summed E-state index contributed by atoms with van der Waals surface area (Å²) >= 11 is 0. The Morgan fingerprint density at radius 1 is 1.20 bits per heavy atom. The summed E-state index contributed by atoms with van der Waals surface area (Å²) in [7, 11) is 0. The minimum absolute atomic E-state index is 0.664. The Balaban J connectivity index is 1.83. The molecule has 1 fully saturated rings. The third kappa shape index (κ3) is 2.85. The zero-order valence-corrected chi connectivity index (χ0v) is 12.3. The van der Waals surface area contributed by atoms with E-state index in [1.54, 1.807) is 0 Å². The average Bonchev–Trinajstić information content (AvgIpc) is 2.52. The molecule has 2 unspecified atom stereocenters. The second-order valence-corrected chi connectivity index (χ2v) is 5.94. The summed E-state index contributed by atoms with van der Waals surface area (Å²) in [6, 6.07) is 11.5. The number of benzene rings is 1. The van der Waals surface area contributed by atoms with E-state index >= 15 is 0 Å². The number of rotatable bonds is 4. The van der Waals surface area contributed by atoms with Gasteiger partial charge in [0.15, 0.2) is 0 Å². The highest BCUT2D eigenvalue weighted by atomic mass is 14.9. The van der Waals surface area contributed by atoms with Crippen LogP contribution in [-0.4, -0.2) is 17.6 Å². The molecule has 1 aliphatic rings. The third-order valence-electron chi connectivity index (χ3n) is 4.46. The van der Waals surface area contributed by atoms with Gasteiger partial charge in [-0.3, -0.25) is 4.98 Å². The number of hydrogen-bond acceptors (Lipinski definition) is 2. The maximum atomic E-state index is 4.62. The van der Waals surface area contributed by atoms with Crippen molar-refractivity contribution in [3.8, 4) is 0 Å². The van der Waals surface area contributed by atoms with E-state index in [0.29, 0.717) is 12.0 Å². The van der Waals surface area contributed by atoms with Gasteiger partial charge in [-0.05, 0) is 49.8 Å². The number of aromatic nitrogens is 1. The van der Waals surface area contributed by atoms with Crippen molar-refractivity contribution in [1.29, 1.82) is 0 Å². The van der Waals surface area contributed by atoms with E-state index in [1.165, 1.54) is 48.6 Å². The molecule has 1 aromatic carbocycles. The zero-order chi connectivity index (χ0) is 13.8. The number of nitrogens with one attached hydrogen (secondary N) is 1. The molecule has 0 radical (unpaired) electrons. The second-order valence-electron chi connectivity index (χ2n) is 5.94. The average molecular weight is 268 g/mol. The van der Waals surface area contributed by atoms with E-state index in [1.807, 2.05) is 12.3 Å². The Hall–Kier alpha value is -1.41. The first-order valence-corrected chi connectivity index (χ1v) is 7.95. The summed E-state index contributed by atoms with van der Waals surface area (Å²) in [5, 5.41) is 4.97. The van der Waals surface area contributed by atoms with E-state index in [9.17, 15) is 0 Å². The van der Waals surface area contributed by atoms with Crippen molar-refractivity contribution in [3.63, 3.8) is 0 Å². The van der Waals surface area contributed by atoms with Crippen LogP contribution in [0.15, 0.2) is 36.5 Å². The summed E-state index contributed by atoms with van der Waals surface area (Å²) in [6.45, 7) is 3.38. The van der Waals surface area contributed by atoms with E-state index in [4.69, 9.17) is 0 Å². The molecular formula is C18H24N2. The van der Waals surface area contributed by atoms with Crippen molar-refractivity contribution in [1.82, 2.24) is 10.3 Å². The number of para-hydroxylation sites is 1. The van der Waals surface area contributed by atoms with Crippen LogP contribution in [0.5, 0.6) is 0 Å². The van der Waals surface area contributed by atoms with E-state index in [0.717, 1.165) is 6.54 Å². The minimum Gasteiger partial charge on any atom is -0.314 e. The van der Waals surface area contributed by atoms with Crippen molar-refractivity contribution in [2.24, 2.45) is 0 Å². The van der Waals surface area contributed by atoms with Crippen molar-refractivity contribution >= 4 is 10.9 Å². The van der Waals surface area contributed by atoms with Crippen LogP contribution in [0.25, 0.3) is 10.9 Å². The van der Waals surface area contributed by atoms with Gasteiger partial charge in [0.2, 0.25) is 0 Å². The molecule has 3 rings (SSSR count). The molecule has 106 valence electrons. The molecule has 0 bridgehead atoms. The fraction of sp³-hybridized carbons (Fsp3) is 0.500. The van der Waals surface area contributed by atoms with E-state index in [2.05, 4.69) is 41.5 Å². The quantitative estimate of drug-likeness (QED) is 0.896. The molecule has 0 aliphatic heterocycles. The Morgan fingerprint density at radius 3 is 3.00 bits per heavy atom. The topological polar surface area (TPSA) is 24.9 Å². The molecule has 0 saturated heterocycles. The predicted molar refractivity (Wildman–Crippen MR) is 85.0 cm³/mol. The first-order chi connectivity index (χ1) is 9.88. The Kier molecular flexibility index (Phi) is 4.31. The molecule has 2 atom stereocenters. The highest BCUT2D eigenvalue weighted by Gasteiger charge is 2.24. The molecule has 2 heteroatoms. The molecule has 1 aromatic heterocycles. The van der Waals surface area contributed by atoms with Gasteiger partial charge in [-0.25, -0.2) is 0 Å². The van der Waals surface area contributed by atoms with Crippen LogP contribution in [0.1, 0.15) is 50.5 Å². The van der Waals surface area contributed by atoms with Gasteiger partial charge >= 0.3 is 0 Å². The summed E-state index contributed by atoms with van der Waals surface area (Å²) in [5.41, 5.74) is 2.65. The van der Waals surface area contributed by atoms with Crippen LogP contribution < -0.4 is 5.32 Å². The molecule has 2 aromatic rings. The summed E-state index contributed by atoms with van der Waals surface area (Å²) in [5.74, 6) is 0.664. The number of hydrogen-bond donors (Lipinski definition) is 1. The molecule has 1 N–H and O–H groups in total. The lowest BCUT2D eigenvalue weighted by molar-refractivity contribution is 0.341. The van der Waals surface area contributed by atoms with Gasteiger partial charge < -0.3 is 5.32 Å². The normalized spacial score (nSPS) is 23.1. The maximum Gasteiger partial charge on any atom is 0.0736 e. The standard InChI is InChI=1S/C18H24N2/c1-2-11-19-16-9-3-7-15(13-16)17-10-4-6-14-8-5-12-20-18(14)17/h4-6,8,10,12,15-16,19H,2-3,7,9,11,13H2,1H3. The van der Waals surface area contributed by atoms with Crippen molar-refractivity contribution < 1.29 is 0 Å². The number of nitrogens with zero attached hydrogens (tertiary/aromatic N) is 1. The molecule has 1 saturated carbocycles. The smallest absolute Gasteiger partial charge is 0.0736 e. The molecule has 0 amide bonds. The lowest BCUT2D eigenvalue weighted by Crippen LogP contribution is -2.34. The van der Waals surface area contributed by atoms with Gasteiger partial charge in [0.1, 0.15) is 0 Å². The zero-order valence-electron chi connectivity index (χ0n) is 12.3. The van der Waals surface area contributed by atoms with Gasteiger partial charge in [0.25, 0.3) is 0 Å². The Bertz CT molecular complexity index is 559. The fourth-order valence-electron chi connectivity index (χ4n) is 3.46. The lowest BCUT2D eigenvalue weighted by Gasteiger charge is -2.30. The first-order valence-electron chi connectivity index (χ1n) is 7.95. The van der Waals surface area contributed by atoms with Crippen LogP contribution >= 0.6 is 0 Å². The molecule has 0 spiro atoms.